The summed E-state index contributed by atoms with van der Waals surface area (Å²) in [6.45, 7) is 5.27. The third kappa shape index (κ3) is 3.22. The summed E-state index contributed by atoms with van der Waals surface area (Å²) in [5, 5.41) is 0. The van der Waals surface area contributed by atoms with Gasteiger partial charge in [0, 0.05) is 38.6 Å². The monoisotopic (exact) mass is 247 g/mol. The van der Waals surface area contributed by atoms with Crippen molar-refractivity contribution in [3.63, 3.8) is 0 Å². The highest BCUT2D eigenvalue weighted by Crippen LogP contribution is 2.13. The molecule has 0 aliphatic carbocycles. The molecule has 2 amide bonds. The van der Waals surface area contributed by atoms with Crippen LogP contribution < -0.4 is 0 Å². The van der Waals surface area contributed by atoms with E-state index in [1.807, 2.05) is 28.9 Å². The van der Waals surface area contributed by atoms with Crippen LogP contribution in [0.15, 0.2) is 24.5 Å². The third-order valence-corrected chi connectivity index (χ3v) is 3.40. The summed E-state index contributed by atoms with van der Waals surface area (Å²) < 4.78 is 0. The molecule has 0 aromatic carbocycles. The molecule has 4 nitrogen and oxygen atoms in total. The lowest BCUT2D eigenvalue weighted by atomic mass is 10.1. The second-order valence-corrected chi connectivity index (χ2v) is 4.70. The molecule has 18 heavy (non-hydrogen) atoms. The van der Waals surface area contributed by atoms with Gasteiger partial charge in [-0.2, -0.15) is 0 Å². The van der Waals surface area contributed by atoms with Crippen molar-refractivity contribution in [3.8, 4) is 0 Å². The van der Waals surface area contributed by atoms with Crippen molar-refractivity contribution in [2.45, 2.75) is 32.7 Å². The highest BCUT2D eigenvalue weighted by atomic mass is 16.2. The number of amides is 2. The molecule has 0 radical (unpaired) electrons. The molecular weight excluding hydrogens is 226 g/mol. The van der Waals surface area contributed by atoms with Crippen LogP contribution in [0.5, 0.6) is 0 Å². The fourth-order valence-electron chi connectivity index (χ4n) is 2.31. The fraction of sp³-hybridized carbons (Fsp3) is 0.571. The van der Waals surface area contributed by atoms with Crippen molar-refractivity contribution < 1.29 is 4.79 Å². The molecule has 0 atom stereocenters. The van der Waals surface area contributed by atoms with E-state index in [1.54, 1.807) is 12.4 Å². The summed E-state index contributed by atoms with van der Waals surface area (Å²) in [5.74, 6) is 0. The Morgan fingerprint density at radius 2 is 1.94 bits per heavy atom. The lowest BCUT2D eigenvalue weighted by Crippen LogP contribution is -2.45. The highest BCUT2D eigenvalue weighted by Gasteiger charge is 2.21. The SMILES string of the molecule is CCN(Cc1ccncc1)C(=O)N1CCCCC1. The van der Waals surface area contributed by atoms with Gasteiger partial charge in [-0.1, -0.05) is 0 Å². The van der Waals surface area contributed by atoms with E-state index in [0.717, 1.165) is 38.0 Å². The first-order valence-electron chi connectivity index (χ1n) is 6.74. The van der Waals surface area contributed by atoms with E-state index in [9.17, 15) is 4.79 Å². The summed E-state index contributed by atoms with van der Waals surface area (Å²) >= 11 is 0. The molecule has 1 saturated heterocycles. The van der Waals surface area contributed by atoms with E-state index in [1.165, 1.54) is 6.42 Å². The summed E-state index contributed by atoms with van der Waals surface area (Å²) in [5.41, 5.74) is 1.14. The van der Waals surface area contributed by atoms with Crippen LogP contribution in [-0.4, -0.2) is 40.4 Å². The Morgan fingerprint density at radius 3 is 2.56 bits per heavy atom. The lowest BCUT2D eigenvalue weighted by molar-refractivity contribution is 0.143. The molecule has 0 saturated carbocycles. The number of likely N-dealkylation sites (tertiary alicyclic amines) is 1. The molecule has 2 rings (SSSR count). The van der Waals surface area contributed by atoms with Gasteiger partial charge in [-0.15, -0.1) is 0 Å². The molecule has 1 aliphatic heterocycles. The normalized spacial score (nSPS) is 15.5. The van der Waals surface area contributed by atoms with Crippen LogP contribution in [0.25, 0.3) is 0 Å². The van der Waals surface area contributed by atoms with E-state index < -0.39 is 0 Å². The van der Waals surface area contributed by atoms with E-state index in [0.29, 0.717) is 6.54 Å². The minimum Gasteiger partial charge on any atom is -0.325 e. The van der Waals surface area contributed by atoms with Crippen molar-refractivity contribution in [2.75, 3.05) is 19.6 Å². The van der Waals surface area contributed by atoms with Crippen molar-refractivity contribution in [1.82, 2.24) is 14.8 Å². The molecule has 98 valence electrons. The molecule has 2 heterocycles. The van der Waals surface area contributed by atoms with Gasteiger partial charge in [0.1, 0.15) is 0 Å². The topological polar surface area (TPSA) is 36.4 Å². The van der Waals surface area contributed by atoms with Crippen molar-refractivity contribution >= 4 is 6.03 Å². The largest absolute Gasteiger partial charge is 0.325 e. The Balaban J connectivity index is 1.97. The minimum atomic E-state index is 0.175. The standard InChI is InChI=1S/C14H21N3O/c1-2-16(12-13-6-8-15-9-7-13)14(18)17-10-4-3-5-11-17/h6-9H,2-5,10-12H2,1H3. The van der Waals surface area contributed by atoms with Crippen LogP contribution in [0.1, 0.15) is 31.7 Å². The smallest absolute Gasteiger partial charge is 0.320 e. The number of carbonyl (C=O) groups excluding carboxylic acids is 1. The number of pyridine rings is 1. The maximum atomic E-state index is 12.4. The predicted octanol–water partition coefficient (Wildman–Crippen LogP) is 2.51. The van der Waals surface area contributed by atoms with Crippen molar-refractivity contribution in [1.29, 1.82) is 0 Å². The first kappa shape index (κ1) is 12.9. The van der Waals surface area contributed by atoms with Gasteiger partial charge < -0.3 is 9.80 Å². The zero-order valence-corrected chi connectivity index (χ0v) is 11.0. The van der Waals surface area contributed by atoms with Gasteiger partial charge >= 0.3 is 6.03 Å². The van der Waals surface area contributed by atoms with Crippen LogP contribution in [0, 0.1) is 0 Å². The quantitative estimate of drug-likeness (QED) is 0.823. The lowest BCUT2D eigenvalue weighted by Gasteiger charge is -2.32. The van der Waals surface area contributed by atoms with Crippen LogP contribution in [0.4, 0.5) is 4.79 Å². The van der Waals surface area contributed by atoms with E-state index >= 15 is 0 Å². The average Bonchev–Trinajstić information content (AvgIpc) is 2.46. The highest BCUT2D eigenvalue weighted by molar-refractivity contribution is 5.74. The van der Waals surface area contributed by atoms with Gasteiger partial charge in [-0.05, 0) is 43.9 Å². The number of aromatic nitrogens is 1. The van der Waals surface area contributed by atoms with Crippen LogP contribution in [-0.2, 0) is 6.54 Å². The summed E-state index contributed by atoms with van der Waals surface area (Å²) in [7, 11) is 0. The van der Waals surface area contributed by atoms with Gasteiger partial charge in [0.2, 0.25) is 0 Å². The van der Waals surface area contributed by atoms with E-state index in [-0.39, 0.29) is 6.03 Å². The van der Waals surface area contributed by atoms with E-state index in [4.69, 9.17) is 0 Å². The molecule has 1 fully saturated rings. The Hall–Kier alpha value is -1.58. The number of piperidine rings is 1. The number of hydrogen-bond acceptors (Lipinski definition) is 2. The Kier molecular flexibility index (Phi) is 4.56. The first-order valence-corrected chi connectivity index (χ1v) is 6.74. The van der Waals surface area contributed by atoms with Gasteiger partial charge in [0.05, 0.1) is 0 Å². The third-order valence-electron chi connectivity index (χ3n) is 3.40. The van der Waals surface area contributed by atoms with Gasteiger partial charge in [0.25, 0.3) is 0 Å². The fourth-order valence-corrected chi connectivity index (χ4v) is 2.31. The molecule has 1 aliphatic rings. The second kappa shape index (κ2) is 6.38. The number of urea groups is 1. The molecule has 4 heteroatoms. The second-order valence-electron chi connectivity index (χ2n) is 4.70. The van der Waals surface area contributed by atoms with E-state index in [2.05, 4.69) is 4.98 Å². The summed E-state index contributed by atoms with van der Waals surface area (Å²) in [6.07, 6.45) is 7.07. The number of carbonyl (C=O) groups is 1. The minimum absolute atomic E-state index is 0.175. The molecular formula is C14H21N3O. The Bertz CT molecular complexity index is 374. The number of nitrogens with zero attached hydrogens (tertiary/aromatic N) is 3. The summed E-state index contributed by atoms with van der Waals surface area (Å²) in [4.78, 5) is 20.3. The Morgan fingerprint density at radius 1 is 1.28 bits per heavy atom. The molecule has 0 N–H and O–H groups in total. The average molecular weight is 247 g/mol. The Labute approximate surface area is 109 Å². The van der Waals surface area contributed by atoms with Crippen LogP contribution in [0.2, 0.25) is 0 Å². The molecule has 0 spiro atoms. The number of rotatable bonds is 3. The molecule has 1 aromatic rings. The maximum Gasteiger partial charge on any atom is 0.320 e. The zero-order valence-electron chi connectivity index (χ0n) is 11.0. The zero-order chi connectivity index (χ0) is 12.8. The first-order chi connectivity index (χ1) is 8.81. The van der Waals surface area contributed by atoms with Gasteiger partial charge in [-0.25, -0.2) is 4.79 Å². The van der Waals surface area contributed by atoms with Crippen molar-refractivity contribution in [3.05, 3.63) is 30.1 Å². The summed E-state index contributed by atoms with van der Waals surface area (Å²) in [6, 6.07) is 4.10. The maximum absolute atomic E-state index is 12.4. The molecule has 0 bridgehead atoms. The van der Waals surface area contributed by atoms with Crippen LogP contribution in [0.3, 0.4) is 0 Å². The van der Waals surface area contributed by atoms with Crippen molar-refractivity contribution in [2.24, 2.45) is 0 Å². The van der Waals surface area contributed by atoms with Gasteiger partial charge in [0.15, 0.2) is 0 Å². The molecule has 1 aromatic heterocycles. The number of hydrogen-bond donors (Lipinski definition) is 0. The predicted molar refractivity (Wildman–Crippen MR) is 71.1 cm³/mol. The van der Waals surface area contributed by atoms with Crippen LogP contribution >= 0.6 is 0 Å². The van der Waals surface area contributed by atoms with Gasteiger partial charge in [-0.3, -0.25) is 4.98 Å². The molecule has 0 unspecified atom stereocenters.